The van der Waals surface area contributed by atoms with Crippen molar-refractivity contribution in [2.24, 2.45) is 5.41 Å². The third-order valence-corrected chi connectivity index (χ3v) is 6.96. The Hall–Kier alpha value is -2.92. The summed E-state index contributed by atoms with van der Waals surface area (Å²) in [5.74, 6) is 0.134. The van der Waals surface area contributed by atoms with E-state index in [4.69, 9.17) is 0 Å². The van der Waals surface area contributed by atoms with Crippen LogP contribution in [0.15, 0.2) is 72.1 Å². The molecule has 1 atom stereocenters. The van der Waals surface area contributed by atoms with Crippen LogP contribution in [0.1, 0.15) is 24.5 Å². The van der Waals surface area contributed by atoms with Crippen LogP contribution < -0.4 is 5.32 Å². The molecule has 0 radical (unpaired) electrons. The number of likely N-dealkylation sites (tertiary alicyclic amines) is 1. The minimum absolute atomic E-state index is 0.0472. The molecule has 160 valence electrons. The summed E-state index contributed by atoms with van der Waals surface area (Å²) in [6.45, 7) is 3.61. The summed E-state index contributed by atoms with van der Waals surface area (Å²) in [5, 5.41) is 5.11. The molecule has 31 heavy (non-hydrogen) atoms. The van der Waals surface area contributed by atoms with Crippen LogP contribution in [-0.4, -0.2) is 36.3 Å². The highest BCUT2D eigenvalue weighted by Crippen LogP contribution is 2.38. The fourth-order valence-electron chi connectivity index (χ4n) is 4.44. The van der Waals surface area contributed by atoms with Crippen molar-refractivity contribution in [2.75, 3.05) is 19.6 Å². The quantitative estimate of drug-likeness (QED) is 0.595. The monoisotopic (exact) mass is 432 g/mol. The van der Waals surface area contributed by atoms with E-state index in [2.05, 4.69) is 35.0 Å². The van der Waals surface area contributed by atoms with Crippen LogP contribution in [0.5, 0.6) is 0 Å². The van der Waals surface area contributed by atoms with E-state index in [0.29, 0.717) is 38.9 Å². The maximum Gasteiger partial charge on any atom is 0.228 e. The molecule has 1 fully saturated rings. The van der Waals surface area contributed by atoms with Gasteiger partial charge in [0, 0.05) is 24.5 Å². The largest absolute Gasteiger partial charge is 0.356 e. The molecule has 2 heterocycles. The summed E-state index contributed by atoms with van der Waals surface area (Å²) < 4.78 is 0. The molecular formula is C26H28N2O2S. The second kappa shape index (κ2) is 9.48. The van der Waals surface area contributed by atoms with E-state index in [1.54, 1.807) is 11.3 Å². The van der Waals surface area contributed by atoms with Gasteiger partial charge in [-0.15, -0.1) is 11.3 Å². The fraction of sp³-hybridized carbons (Fsp3) is 0.308. The maximum atomic E-state index is 13.2. The van der Waals surface area contributed by atoms with E-state index < -0.39 is 5.41 Å². The lowest BCUT2D eigenvalue weighted by atomic mass is 9.78. The second-order valence-corrected chi connectivity index (χ2v) is 9.13. The molecular weight excluding hydrogens is 404 g/mol. The summed E-state index contributed by atoms with van der Waals surface area (Å²) in [5.41, 5.74) is 2.74. The number of thiophene rings is 1. The smallest absolute Gasteiger partial charge is 0.228 e. The van der Waals surface area contributed by atoms with Crippen LogP contribution >= 0.6 is 11.3 Å². The molecule has 4 rings (SSSR count). The van der Waals surface area contributed by atoms with Crippen molar-refractivity contribution in [1.82, 2.24) is 10.2 Å². The van der Waals surface area contributed by atoms with Gasteiger partial charge in [-0.2, -0.15) is 0 Å². The van der Waals surface area contributed by atoms with Crippen molar-refractivity contribution in [1.29, 1.82) is 0 Å². The molecule has 0 unspecified atom stereocenters. The van der Waals surface area contributed by atoms with Crippen molar-refractivity contribution < 1.29 is 9.59 Å². The van der Waals surface area contributed by atoms with Gasteiger partial charge in [0.15, 0.2) is 0 Å². The highest BCUT2D eigenvalue weighted by Gasteiger charge is 2.46. The summed E-state index contributed by atoms with van der Waals surface area (Å²) in [7, 11) is 0. The third kappa shape index (κ3) is 4.72. The molecule has 1 aliphatic rings. The Labute approximate surface area is 187 Å². The van der Waals surface area contributed by atoms with Crippen molar-refractivity contribution in [3.63, 3.8) is 0 Å². The van der Waals surface area contributed by atoms with E-state index in [-0.39, 0.29) is 11.8 Å². The minimum Gasteiger partial charge on any atom is -0.356 e. The average Bonchev–Trinajstić information content (AvgIpc) is 3.46. The summed E-state index contributed by atoms with van der Waals surface area (Å²) in [6, 6.07) is 22.3. The first-order chi connectivity index (χ1) is 15.1. The molecule has 1 aromatic heterocycles. The normalized spacial score (nSPS) is 18.2. The second-order valence-electron chi connectivity index (χ2n) is 8.18. The topological polar surface area (TPSA) is 49.4 Å². The Bertz CT molecular complexity index is 1030. The van der Waals surface area contributed by atoms with Crippen LogP contribution in [0.2, 0.25) is 0 Å². The zero-order valence-corrected chi connectivity index (χ0v) is 18.7. The minimum atomic E-state index is -0.601. The van der Waals surface area contributed by atoms with Crippen molar-refractivity contribution in [3.05, 3.63) is 83.2 Å². The predicted molar refractivity (Wildman–Crippen MR) is 126 cm³/mol. The number of hydrogen-bond acceptors (Lipinski definition) is 3. The van der Waals surface area contributed by atoms with Gasteiger partial charge in [-0.3, -0.25) is 9.59 Å². The number of hydrogen-bond donors (Lipinski definition) is 1. The van der Waals surface area contributed by atoms with E-state index in [1.807, 2.05) is 54.3 Å². The zero-order valence-electron chi connectivity index (χ0n) is 17.8. The highest BCUT2D eigenvalue weighted by molar-refractivity contribution is 7.13. The molecule has 2 amide bonds. The molecule has 0 bridgehead atoms. The Morgan fingerprint density at radius 3 is 2.55 bits per heavy atom. The van der Waals surface area contributed by atoms with Gasteiger partial charge in [-0.05, 0) is 47.9 Å². The first-order valence-electron chi connectivity index (χ1n) is 10.8. The Balaban J connectivity index is 1.58. The maximum absolute atomic E-state index is 13.2. The fourth-order valence-corrected chi connectivity index (χ4v) is 5.22. The highest BCUT2D eigenvalue weighted by atomic mass is 32.1. The van der Waals surface area contributed by atoms with Gasteiger partial charge in [0.1, 0.15) is 0 Å². The molecule has 0 spiro atoms. The van der Waals surface area contributed by atoms with Crippen LogP contribution in [0, 0.1) is 5.41 Å². The number of nitrogens with one attached hydrogen (secondary N) is 1. The van der Waals surface area contributed by atoms with Gasteiger partial charge in [0.25, 0.3) is 0 Å². The van der Waals surface area contributed by atoms with Crippen LogP contribution in [0.25, 0.3) is 10.4 Å². The molecule has 1 aliphatic heterocycles. The standard InChI is InChI=1S/C26H28N2O2S/c1-2-27-25(30)26(18-21-11-6-7-12-22(21)23-13-8-16-31-23)14-15-28(19-26)24(29)17-20-9-4-3-5-10-20/h3-13,16H,2,14-15,17-19H2,1H3,(H,27,30)/t26-/m1/s1. The van der Waals surface area contributed by atoms with Gasteiger partial charge in [-0.25, -0.2) is 0 Å². The lowest BCUT2D eigenvalue weighted by Crippen LogP contribution is -2.45. The van der Waals surface area contributed by atoms with Gasteiger partial charge in [-0.1, -0.05) is 60.7 Å². The first-order valence-corrected chi connectivity index (χ1v) is 11.7. The van der Waals surface area contributed by atoms with Gasteiger partial charge in [0.2, 0.25) is 11.8 Å². The molecule has 1 N–H and O–H groups in total. The summed E-state index contributed by atoms with van der Waals surface area (Å²) in [6.07, 6.45) is 1.68. The van der Waals surface area contributed by atoms with Crippen molar-refractivity contribution >= 4 is 23.2 Å². The number of carbonyl (C=O) groups is 2. The molecule has 5 heteroatoms. The van der Waals surface area contributed by atoms with Gasteiger partial charge in [0.05, 0.1) is 11.8 Å². The number of amides is 2. The van der Waals surface area contributed by atoms with Crippen molar-refractivity contribution in [3.8, 4) is 10.4 Å². The number of nitrogens with zero attached hydrogens (tertiary/aromatic N) is 1. The molecule has 3 aromatic rings. The molecule has 0 aliphatic carbocycles. The lowest BCUT2D eigenvalue weighted by Gasteiger charge is -2.29. The summed E-state index contributed by atoms with van der Waals surface area (Å²) in [4.78, 5) is 29.3. The van der Waals surface area contributed by atoms with E-state index in [9.17, 15) is 9.59 Å². The molecule has 4 nitrogen and oxygen atoms in total. The zero-order chi connectivity index (χ0) is 21.7. The first kappa shape index (κ1) is 21.3. The molecule has 0 saturated carbocycles. The number of benzene rings is 2. The van der Waals surface area contributed by atoms with Gasteiger partial charge < -0.3 is 10.2 Å². The SMILES string of the molecule is CCNC(=O)[C@@]1(Cc2ccccc2-c2cccs2)CCN(C(=O)Cc2ccccc2)C1. The summed E-state index contributed by atoms with van der Waals surface area (Å²) >= 11 is 1.71. The predicted octanol–water partition coefficient (Wildman–Crippen LogP) is 4.56. The number of rotatable bonds is 7. The van der Waals surface area contributed by atoms with Crippen molar-refractivity contribution in [2.45, 2.75) is 26.2 Å². The Morgan fingerprint density at radius 1 is 1.03 bits per heavy atom. The third-order valence-electron chi connectivity index (χ3n) is 6.06. The van der Waals surface area contributed by atoms with Crippen LogP contribution in [-0.2, 0) is 22.4 Å². The Kier molecular flexibility index (Phi) is 6.52. The molecule has 1 saturated heterocycles. The van der Waals surface area contributed by atoms with E-state index in [0.717, 1.165) is 11.1 Å². The van der Waals surface area contributed by atoms with Crippen LogP contribution in [0.3, 0.4) is 0 Å². The van der Waals surface area contributed by atoms with E-state index >= 15 is 0 Å². The van der Waals surface area contributed by atoms with Gasteiger partial charge >= 0.3 is 0 Å². The average molecular weight is 433 g/mol. The number of carbonyl (C=O) groups excluding carboxylic acids is 2. The molecule has 2 aromatic carbocycles. The Morgan fingerprint density at radius 2 is 1.81 bits per heavy atom. The lowest BCUT2D eigenvalue weighted by molar-refractivity contribution is -0.132. The van der Waals surface area contributed by atoms with E-state index in [1.165, 1.54) is 10.4 Å². The van der Waals surface area contributed by atoms with Crippen LogP contribution in [0.4, 0.5) is 0 Å².